The molecule has 7 heteroatoms. The third-order valence-corrected chi connectivity index (χ3v) is 5.13. The summed E-state index contributed by atoms with van der Waals surface area (Å²) in [4.78, 5) is 23.3. The largest absolute Gasteiger partial charge is 0.464 e. The van der Waals surface area contributed by atoms with Gasteiger partial charge in [-0.1, -0.05) is 13.3 Å². The normalized spacial score (nSPS) is 29.0. The summed E-state index contributed by atoms with van der Waals surface area (Å²) in [6.07, 6.45) is 5.53. The topological polar surface area (TPSA) is 94.6 Å². The number of hydrogen-bond acceptors (Lipinski definition) is 7. The van der Waals surface area contributed by atoms with Crippen LogP contribution in [0.4, 0.5) is 0 Å². The molecule has 0 amide bonds. The molecule has 1 saturated heterocycles. The molecule has 2 aliphatic rings. The van der Waals surface area contributed by atoms with Crippen LogP contribution in [-0.4, -0.2) is 61.8 Å². The number of epoxide rings is 1. The fourth-order valence-electron chi connectivity index (χ4n) is 3.30. The van der Waals surface area contributed by atoms with Gasteiger partial charge in [-0.2, -0.15) is 0 Å². The van der Waals surface area contributed by atoms with Crippen LogP contribution in [-0.2, 0) is 28.5 Å². The second-order valence-corrected chi connectivity index (χ2v) is 7.43. The molecule has 0 spiro atoms. The van der Waals surface area contributed by atoms with Crippen molar-refractivity contribution < 1.29 is 33.6 Å². The van der Waals surface area contributed by atoms with Crippen molar-refractivity contribution in [1.82, 2.24) is 0 Å². The molecule has 1 saturated carbocycles. The van der Waals surface area contributed by atoms with Gasteiger partial charge in [0.1, 0.15) is 13.2 Å². The maximum Gasteiger partial charge on any atom is 0.332 e. The summed E-state index contributed by atoms with van der Waals surface area (Å²) in [5, 5.41) is 9.60. The lowest BCUT2D eigenvalue weighted by molar-refractivity contribution is -0.157. The summed E-state index contributed by atoms with van der Waals surface area (Å²) in [6, 6.07) is 0. The standard InChI is InChI=1S/C19H32O7/c1-3-14(8-17-13(2)26-17)9-24-18(21)11-23-12-19(22)25-10-15-5-4-6-16(20)7-15/h13-17,20H,3-12H2,1-2H3. The molecule has 1 N–H and O–H groups in total. The number of ether oxygens (including phenoxy) is 4. The van der Waals surface area contributed by atoms with E-state index in [9.17, 15) is 14.7 Å². The summed E-state index contributed by atoms with van der Waals surface area (Å²) in [6.45, 7) is 4.21. The molecule has 150 valence electrons. The molecule has 1 aliphatic carbocycles. The van der Waals surface area contributed by atoms with Crippen molar-refractivity contribution in [1.29, 1.82) is 0 Å². The van der Waals surface area contributed by atoms with E-state index in [0.717, 1.165) is 32.1 Å². The first-order chi connectivity index (χ1) is 12.5. The lowest BCUT2D eigenvalue weighted by Crippen LogP contribution is -2.26. The molecule has 0 radical (unpaired) electrons. The zero-order chi connectivity index (χ0) is 18.9. The van der Waals surface area contributed by atoms with Gasteiger partial charge in [0.05, 0.1) is 31.5 Å². The van der Waals surface area contributed by atoms with Crippen LogP contribution in [0.3, 0.4) is 0 Å². The Morgan fingerprint density at radius 1 is 1.19 bits per heavy atom. The average molecular weight is 372 g/mol. The molecule has 5 atom stereocenters. The van der Waals surface area contributed by atoms with Gasteiger partial charge in [-0.3, -0.25) is 0 Å². The Hall–Kier alpha value is -1.18. The highest BCUT2D eigenvalue weighted by Crippen LogP contribution is 2.29. The Bertz CT molecular complexity index is 453. The van der Waals surface area contributed by atoms with E-state index in [0.29, 0.717) is 25.7 Å². The minimum Gasteiger partial charge on any atom is -0.464 e. The number of rotatable bonds is 11. The number of aliphatic hydroxyl groups is 1. The van der Waals surface area contributed by atoms with E-state index < -0.39 is 11.9 Å². The van der Waals surface area contributed by atoms with Crippen molar-refractivity contribution in [3.05, 3.63) is 0 Å². The van der Waals surface area contributed by atoms with Gasteiger partial charge < -0.3 is 24.1 Å². The highest BCUT2D eigenvalue weighted by atomic mass is 16.6. The van der Waals surface area contributed by atoms with Crippen LogP contribution in [0.5, 0.6) is 0 Å². The van der Waals surface area contributed by atoms with Crippen LogP contribution < -0.4 is 0 Å². The van der Waals surface area contributed by atoms with Crippen molar-refractivity contribution >= 4 is 11.9 Å². The van der Waals surface area contributed by atoms with E-state index in [2.05, 4.69) is 6.92 Å². The van der Waals surface area contributed by atoms with Crippen LogP contribution in [0.2, 0.25) is 0 Å². The van der Waals surface area contributed by atoms with E-state index in [-0.39, 0.29) is 37.3 Å². The molecule has 1 heterocycles. The van der Waals surface area contributed by atoms with E-state index in [1.165, 1.54) is 0 Å². The molecule has 0 bridgehead atoms. The van der Waals surface area contributed by atoms with Crippen LogP contribution in [0.25, 0.3) is 0 Å². The summed E-state index contributed by atoms with van der Waals surface area (Å²) in [7, 11) is 0. The van der Waals surface area contributed by atoms with Crippen molar-refractivity contribution in [3.8, 4) is 0 Å². The predicted molar refractivity (Wildman–Crippen MR) is 93.4 cm³/mol. The molecule has 0 aromatic carbocycles. The smallest absolute Gasteiger partial charge is 0.332 e. The molecular formula is C19H32O7. The second kappa shape index (κ2) is 10.8. The first-order valence-corrected chi connectivity index (χ1v) is 9.70. The molecule has 0 aromatic heterocycles. The zero-order valence-electron chi connectivity index (χ0n) is 15.9. The Morgan fingerprint density at radius 3 is 2.50 bits per heavy atom. The Balaban J connectivity index is 1.49. The number of carbonyl (C=O) groups is 2. The van der Waals surface area contributed by atoms with Gasteiger partial charge in [-0.15, -0.1) is 0 Å². The van der Waals surface area contributed by atoms with E-state index in [1.54, 1.807) is 0 Å². The molecule has 5 unspecified atom stereocenters. The van der Waals surface area contributed by atoms with Gasteiger partial charge in [0.15, 0.2) is 0 Å². The number of carbonyl (C=O) groups excluding carboxylic acids is 2. The van der Waals surface area contributed by atoms with Crippen molar-refractivity contribution in [2.45, 2.75) is 70.7 Å². The van der Waals surface area contributed by atoms with Crippen LogP contribution in [0.15, 0.2) is 0 Å². The molecule has 1 aliphatic heterocycles. The van der Waals surface area contributed by atoms with Crippen molar-refractivity contribution in [2.24, 2.45) is 11.8 Å². The molecular weight excluding hydrogens is 340 g/mol. The first-order valence-electron chi connectivity index (χ1n) is 9.70. The number of hydrogen-bond donors (Lipinski definition) is 1. The maximum atomic E-state index is 11.7. The minimum absolute atomic E-state index is 0.205. The van der Waals surface area contributed by atoms with Gasteiger partial charge in [-0.05, 0) is 50.9 Å². The summed E-state index contributed by atoms with van der Waals surface area (Å²) in [5.74, 6) is -0.484. The van der Waals surface area contributed by atoms with Crippen molar-refractivity contribution in [2.75, 3.05) is 26.4 Å². The van der Waals surface area contributed by atoms with Gasteiger partial charge in [0.2, 0.25) is 0 Å². The third kappa shape index (κ3) is 8.01. The summed E-state index contributed by atoms with van der Waals surface area (Å²) >= 11 is 0. The first kappa shape index (κ1) is 21.1. The Kier molecular flexibility index (Phi) is 8.81. The second-order valence-electron chi connectivity index (χ2n) is 7.43. The Labute approximate surface area is 155 Å². The highest BCUT2D eigenvalue weighted by molar-refractivity contribution is 5.73. The fraction of sp³-hybridized carbons (Fsp3) is 0.895. The Morgan fingerprint density at radius 2 is 1.88 bits per heavy atom. The zero-order valence-corrected chi connectivity index (χ0v) is 15.9. The summed E-state index contributed by atoms with van der Waals surface area (Å²) in [5.41, 5.74) is 0. The molecule has 7 nitrogen and oxygen atoms in total. The lowest BCUT2D eigenvalue weighted by atomic mass is 9.88. The predicted octanol–water partition coefficient (Wildman–Crippen LogP) is 1.84. The number of esters is 2. The van der Waals surface area contributed by atoms with Gasteiger partial charge >= 0.3 is 11.9 Å². The van der Waals surface area contributed by atoms with Gasteiger partial charge in [0.25, 0.3) is 0 Å². The average Bonchev–Trinajstić information content (AvgIpc) is 3.31. The van der Waals surface area contributed by atoms with Gasteiger partial charge in [0, 0.05) is 0 Å². The van der Waals surface area contributed by atoms with E-state index in [1.807, 2.05) is 6.92 Å². The molecule has 2 rings (SSSR count). The molecule has 2 fully saturated rings. The number of aliphatic hydroxyl groups excluding tert-OH is 1. The maximum absolute atomic E-state index is 11.7. The van der Waals surface area contributed by atoms with Crippen LogP contribution in [0, 0.1) is 11.8 Å². The van der Waals surface area contributed by atoms with E-state index >= 15 is 0 Å². The van der Waals surface area contributed by atoms with Crippen LogP contribution >= 0.6 is 0 Å². The highest BCUT2D eigenvalue weighted by Gasteiger charge is 2.35. The quantitative estimate of drug-likeness (QED) is 0.437. The summed E-state index contributed by atoms with van der Waals surface area (Å²) < 4.78 is 20.8. The van der Waals surface area contributed by atoms with Crippen molar-refractivity contribution in [3.63, 3.8) is 0 Å². The SMILES string of the molecule is CCC(COC(=O)COCC(=O)OCC1CCCC(O)C1)CC1OC1C. The fourth-order valence-corrected chi connectivity index (χ4v) is 3.30. The third-order valence-electron chi connectivity index (χ3n) is 5.13. The lowest BCUT2D eigenvalue weighted by Gasteiger charge is -2.25. The molecule has 0 aromatic rings. The minimum atomic E-state index is -0.496. The van der Waals surface area contributed by atoms with Crippen LogP contribution in [0.1, 0.15) is 52.4 Å². The monoisotopic (exact) mass is 372 g/mol. The molecule has 26 heavy (non-hydrogen) atoms. The van der Waals surface area contributed by atoms with Gasteiger partial charge in [-0.25, -0.2) is 9.59 Å². The van der Waals surface area contributed by atoms with E-state index in [4.69, 9.17) is 18.9 Å².